The minimum atomic E-state index is 0.289. The Labute approximate surface area is 126 Å². The SMILES string of the molecule is C[C@H](NCc1cn2ccccc2n1)c1cccc(Br)c1. The van der Waals surface area contributed by atoms with Gasteiger partial charge in [0.15, 0.2) is 0 Å². The Bertz CT molecular complexity index is 687. The fourth-order valence-electron chi connectivity index (χ4n) is 2.22. The molecule has 1 N–H and O–H groups in total. The normalized spacial score (nSPS) is 12.7. The van der Waals surface area contributed by atoms with E-state index in [2.05, 4.69) is 57.6 Å². The molecule has 20 heavy (non-hydrogen) atoms. The summed E-state index contributed by atoms with van der Waals surface area (Å²) in [5.74, 6) is 0. The number of nitrogens with one attached hydrogen (secondary N) is 1. The summed E-state index contributed by atoms with van der Waals surface area (Å²) in [5.41, 5.74) is 3.31. The van der Waals surface area contributed by atoms with E-state index in [1.54, 1.807) is 0 Å². The first kappa shape index (κ1) is 13.3. The number of hydrogen-bond donors (Lipinski definition) is 1. The first-order valence-corrected chi connectivity index (χ1v) is 7.43. The van der Waals surface area contributed by atoms with Crippen LogP contribution in [0.2, 0.25) is 0 Å². The number of halogens is 1. The molecular weight excluding hydrogens is 314 g/mol. The lowest BCUT2D eigenvalue weighted by Gasteiger charge is -2.13. The van der Waals surface area contributed by atoms with Crippen molar-refractivity contribution in [3.05, 3.63) is 70.6 Å². The molecule has 2 aromatic heterocycles. The molecule has 0 unspecified atom stereocenters. The van der Waals surface area contributed by atoms with Crippen LogP contribution < -0.4 is 5.32 Å². The van der Waals surface area contributed by atoms with Gasteiger partial charge in [-0.2, -0.15) is 0 Å². The molecule has 0 saturated carbocycles. The molecule has 3 rings (SSSR count). The average Bonchev–Trinajstić information content (AvgIpc) is 2.87. The van der Waals surface area contributed by atoms with E-state index in [4.69, 9.17) is 0 Å². The van der Waals surface area contributed by atoms with Gasteiger partial charge in [-0.3, -0.25) is 0 Å². The van der Waals surface area contributed by atoms with Crippen LogP contribution >= 0.6 is 15.9 Å². The van der Waals surface area contributed by atoms with E-state index in [9.17, 15) is 0 Å². The molecule has 0 radical (unpaired) electrons. The van der Waals surface area contributed by atoms with Crippen LogP contribution in [-0.2, 0) is 6.54 Å². The van der Waals surface area contributed by atoms with E-state index in [0.717, 1.165) is 22.4 Å². The molecule has 3 aromatic rings. The van der Waals surface area contributed by atoms with Crippen molar-refractivity contribution >= 4 is 21.6 Å². The Hall–Kier alpha value is -1.65. The predicted octanol–water partition coefficient (Wildman–Crippen LogP) is 3.95. The van der Waals surface area contributed by atoms with Crippen molar-refractivity contribution in [3.8, 4) is 0 Å². The highest BCUT2D eigenvalue weighted by Gasteiger charge is 2.07. The fraction of sp³-hybridized carbons (Fsp3) is 0.188. The first-order valence-electron chi connectivity index (χ1n) is 6.64. The first-order chi connectivity index (χ1) is 9.72. The maximum absolute atomic E-state index is 4.59. The maximum atomic E-state index is 4.59. The summed E-state index contributed by atoms with van der Waals surface area (Å²) in [6, 6.07) is 14.7. The van der Waals surface area contributed by atoms with E-state index >= 15 is 0 Å². The van der Waals surface area contributed by atoms with Crippen LogP contribution in [0.25, 0.3) is 5.65 Å². The summed E-state index contributed by atoms with van der Waals surface area (Å²) in [6.07, 6.45) is 4.08. The topological polar surface area (TPSA) is 29.3 Å². The lowest BCUT2D eigenvalue weighted by Crippen LogP contribution is -2.18. The van der Waals surface area contributed by atoms with Gasteiger partial charge in [0, 0.05) is 29.5 Å². The van der Waals surface area contributed by atoms with E-state index in [-0.39, 0.29) is 6.04 Å². The van der Waals surface area contributed by atoms with Crippen LogP contribution in [0, 0.1) is 0 Å². The molecule has 0 aliphatic rings. The van der Waals surface area contributed by atoms with Crippen molar-refractivity contribution in [2.45, 2.75) is 19.5 Å². The highest BCUT2D eigenvalue weighted by molar-refractivity contribution is 9.10. The third-order valence-electron chi connectivity index (χ3n) is 3.35. The predicted molar refractivity (Wildman–Crippen MR) is 84.6 cm³/mol. The Kier molecular flexibility index (Phi) is 3.85. The molecule has 0 aliphatic heterocycles. The van der Waals surface area contributed by atoms with Crippen molar-refractivity contribution in [1.82, 2.24) is 14.7 Å². The third-order valence-corrected chi connectivity index (χ3v) is 3.85. The smallest absolute Gasteiger partial charge is 0.137 e. The zero-order chi connectivity index (χ0) is 13.9. The molecule has 0 saturated heterocycles. The second-order valence-electron chi connectivity index (χ2n) is 4.86. The highest BCUT2D eigenvalue weighted by atomic mass is 79.9. The van der Waals surface area contributed by atoms with Gasteiger partial charge in [-0.25, -0.2) is 4.98 Å². The van der Waals surface area contributed by atoms with Gasteiger partial charge in [0.25, 0.3) is 0 Å². The van der Waals surface area contributed by atoms with Crippen LogP contribution in [0.4, 0.5) is 0 Å². The summed E-state index contributed by atoms with van der Waals surface area (Å²) in [4.78, 5) is 4.59. The Morgan fingerprint density at radius 2 is 2.15 bits per heavy atom. The second-order valence-corrected chi connectivity index (χ2v) is 5.77. The second kappa shape index (κ2) is 5.77. The van der Waals surface area contributed by atoms with Gasteiger partial charge in [0.1, 0.15) is 5.65 Å². The number of pyridine rings is 1. The van der Waals surface area contributed by atoms with Crippen molar-refractivity contribution < 1.29 is 0 Å². The van der Waals surface area contributed by atoms with Gasteiger partial charge >= 0.3 is 0 Å². The molecule has 0 amide bonds. The van der Waals surface area contributed by atoms with Crippen molar-refractivity contribution in [2.24, 2.45) is 0 Å². The largest absolute Gasteiger partial charge is 0.307 e. The summed E-state index contributed by atoms with van der Waals surface area (Å²) in [5, 5.41) is 3.51. The lowest BCUT2D eigenvalue weighted by atomic mass is 10.1. The van der Waals surface area contributed by atoms with E-state index < -0.39 is 0 Å². The maximum Gasteiger partial charge on any atom is 0.137 e. The van der Waals surface area contributed by atoms with Crippen molar-refractivity contribution in [1.29, 1.82) is 0 Å². The molecule has 0 bridgehead atoms. The van der Waals surface area contributed by atoms with Gasteiger partial charge in [-0.1, -0.05) is 34.1 Å². The fourth-order valence-corrected chi connectivity index (χ4v) is 2.64. The summed E-state index contributed by atoms with van der Waals surface area (Å²) >= 11 is 3.51. The van der Waals surface area contributed by atoms with E-state index in [1.165, 1.54) is 5.56 Å². The third kappa shape index (κ3) is 2.92. The molecule has 1 atom stereocenters. The Morgan fingerprint density at radius 3 is 2.95 bits per heavy atom. The van der Waals surface area contributed by atoms with Crippen LogP contribution in [0.1, 0.15) is 24.2 Å². The van der Waals surface area contributed by atoms with Crippen LogP contribution in [0.3, 0.4) is 0 Å². The number of rotatable bonds is 4. The summed E-state index contributed by atoms with van der Waals surface area (Å²) in [7, 11) is 0. The standard InChI is InChI=1S/C16H16BrN3/c1-12(13-5-4-6-14(17)9-13)18-10-15-11-20-8-3-2-7-16(20)19-15/h2-9,11-12,18H,10H2,1H3/t12-/m0/s1. The monoisotopic (exact) mass is 329 g/mol. The molecule has 3 nitrogen and oxygen atoms in total. The molecule has 102 valence electrons. The number of hydrogen-bond acceptors (Lipinski definition) is 2. The molecule has 0 aliphatic carbocycles. The van der Waals surface area contributed by atoms with Gasteiger partial charge in [0.2, 0.25) is 0 Å². The number of fused-ring (bicyclic) bond motifs is 1. The zero-order valence-electron chi connectivity index (χ0n) is 11.3. The molecule has 4 heteroatoms. The number of benzene rings is 1. The van der Waals surface area contributed by atoms with Crippen molar-refractivity contribution in [3.63, 3.8) is 0 Å². The van der Waals surface area contributed by atoms with E-state index in [0.29, 0.717) is 0 Å². The summed E-state index contributed by atoms with van der Waals surface area (Å²) in [6.45, 7) is 2.92. The molecular formula is C16H16BrN3. The minimum Gasteiger partial charge on any atom is -0.307 e. The highest BCUT2D eigenvalue weighted by Crippen LogP contribution is 2.18. The molecule has 0 fully saturated rings. The molecule has 1 aromatic carbocycles. The van der Waals surface area contributed by atoms with Crippen LogP contribution in [0.5, 0.6) is 0 Å². The average molecular weight is 330 g/mol. The van der Waals surface area contributed by atoms with Gasteiger partial charge < -0.3 is 9.72 Å². The quantitative estimate of drug-likeness (QED) is 0.785. The number of nitrogens with zero attached hydrogens (tertiary/aromatic N) is 2. The molecule has 0 spiro atoms. The summed E-state index contributed by atoms with van der Waals surface area (Å²) < 4.78 is 3.15. The van der Waals surface area contributed by atoms with Crippen LogP contribution in [0.15, 0.2) is 59.3 Å². The van der Waals surface area contributed by atoms with Crippen molar-refractivity contribution in [2.75, 3.05) is 0 Å². The van der Waals surface area contributed by atoms with Gasteiger partial charge in [-0.15, -0.1) is 0 Å². The molecule has 2 heterocycles. The zero-order valence-corrected chi connectivity index (χ0v) is 12.8. The minimum absolute atomic E-state index is 0.289. The Morgan fingerprint density at radius 1 is 1.25 bits per heavy atom. The number of aromatic nitrogens is 2. The Balaban J connectivity index is 1.69. The van der Waals surface area contributed by atoms with Gasteiger partial charge in [-0.05, 0) is 36.8 Å². The van der Waals surface area contributed by atoms with E-state index in [1.807, 2.05) is 34.9 Å². The number of imidazole rings is 1. The van der Waals surface area contributed by atoms with Gasteiger partial charge in [0.05, 0.1) is 5.69 Å². The lowest BCUT2D eigenvalue weighted by molar-refractivity contribution is 0.569. The van der Waals surface area contributed by atoms with Crippen LogP contribution in [-0.4, -0.2) is 9.38 Å².